The van der Waals surface area contributed by atoms with Crippen molar-refractivity contribution < 1.29 is 18.3 Å². The number of carboxylic acids is 1. The van der Waals surface area contributed by atoms with E-state index in [0.717, 1.165) is 5.56 Å². The summed E-state index contributed by atoms with van der Waals surface area (Å²) in [5.74, 6) is -1.16. The molecule has 0 fully saturated rings. The summed E-state index contributed by atoms with van der Waals surface area (Å²) in [6, 6.07) is 0. The maximum absolute atomic E-state index is 11.5. The molecular weight excluding hydrogens is 258 g/mol. The Labute approximate surface area is 106 Å². The first-order valence-corrected chi connectivity index (χ1v) is 7.22. The Morgan fingerprint density at radius 1 is 1.56 bits per heavy atom. The number of carbonyl (C=O) groups is 1. The van der Waals surface area contributed by atoms with Gasteiger partial charge in [0.1, 0.15) is 0 Å². The normalized spacial score (nSPS) is 11.6. The fraction of sp³-hybridized carbons (Fsp3) is 0.600. The molecule has 2 N–H and O–H groups in total. The van der Waals surface area contributed by atoms with E-state index in [4.69, 9.17) is 5.11 Å². The lowest BCUT2D eigenvalue weighted by molar-refractivity contribution is -0.137. The van der Waals surface area contributed by atoms with Gasteiger partial charge in [0, 0.05) is 19.2 Å². The summed E-state index contributed by atoms with van der Waals surface area (Å²) in [7, 11) is -3.40. The van der Waals surface area contributed by atoms with Crippen molar-refractivity contribution in [3.05, 3.63) is 18.0 Å². The molecule has 0 aliphatic rings. The highest BCUT2D eigenvalue weighted by atomic mass is 32.2. The zero-order valence-corrected chi connectivity index (χ0v) is 11.0. The van der Waals surface area contributed by atoms with Crippen LogP contribution in [-0.2, 0) is 21.4 Å². The van der Waals surface area contributed by atoms with Crippen LogP contribution in [0.3, 0.4) is 0 Å². The molecule has 7 nitrogen and oxygen atoms in total. The zero-order valence-electron chi connectivity index (χ0n) is 10.2. The monoisotopic (exact) mass is 275 g/mol. The van der Waals surface area contributed by atoms with Gasteiger partial charge in [0.2, 0.25) is 10.0 Å². The van der Waals surface area contributed by atoms with Gasteiger partial charge in [0.25, 0.3) is 0 Å². The van der Waals surface area contributed by atoms with Crippen LogP contribution < -0.4 is 4.72 Å². The number of aromatic nitrogens is 2. The summed E-state index contributed by atoms with van der Waals surface area (Å²) >= 11 is 0. The summed E-state index contributed by atoms with van der Waals surface area (Å²) in [4.78, 5) is 10.3. The van der Waals surface area contributed by atoms with Crippen molar-refractivity contribution in [2.75, 3.05) is 12.3 Å². The number of nitrogens with zero attached hydrogens (tertiary/aromatic N) is 2. The van der Waals surface area contributed by atoms with Crippen LogP contribution in [0.5, 0.6) is 0 Å². The maximum atomic E-state index is 11.5. The fourth-order valence-corrected chi connectivity index (χ4v) is 2.46. The van der Waals surface area contributed by atoms with E-state index in [1.807, 2.05) is 13.1 Å². The van der Waals surface area contributed by atoms with Crippen molar-refractivity contribution in [3.8, 4) is 0 Å². The molecule has 1 heterocycles. The molecule has 0 aliphatic heterocycles. The number of aryl methyl sites for hydroxylation is 1. The van der Waals surface area contributed by atoms with Crippen molar-refractivity contribution in [2.24, 2.45) is 0 Å². The molecule has 0 bridgehead atoms. The van der Waals surface area contributed by atoms with E-state index in [2.05, 4.69) is 9.82 Å². The lowest BCUT2D eigenvalue weighted by atomic mass is 10.3. The van der Waals surface area contributed by atoms with Crippen molar-refractivity contribution >= 4 is 16.0 Å². The molecule has 8 heteroatoms. The van der Waals surface area contributed by atoms with Gasteiger partial charge in [-0.3, -0.25) is 9.48 Å². The third kappa shape index (κ3) is 5.78. The Morgan fingerprint density at radius 2 is 2.28 bits per heavy atom. The summed E-state index contributed by atoms with van der Waals surface area (Å²) in [5.41, 5.74) is 1.01. The van der Waals surface area contributed by atoms with Gasteiger partial charge in [0.05, 0.1) is 18.5 Å². The SMILES string of the molecule is Cc1cnn(CCNS(=O)(=O)CCCC(=O)O)c1. The van der Waals surface area contributed by atoms with Gasteiger partial charge in [-0.25, -0.2) is 13.1 Å². The van der Waals surface area contributed by atoms with E-state index >= 15 is 0 Å². The number of rotatable bonds is 8. The first-order chi connectivity index (χ1) is 8.39. The maximum Gasteiger partial charge on any atom is 0.303 e. The van der Waals surface area contributed by atoms with Crippen LogP contribution >= 0.6 is 0 Å². The Kier molecular flexibility index (Phi) is 5.29. The molecule has 1 aromatic heterocycles. The predicted molar refractivity (Wildman–Crippen MR) is 65.6 cm³/mol. The molecule has 1 rings (SSSR count). The standard InChI is InChI=1S/C10H17N3O4S/c1-9-7-11-13(8-9)5-4-12-18(16,17)6-2-3-10(14)15/h7-8,12H,2-6H2,1H3,(H,14,15). The minimum atomic E-state index is -3.40. The highest BCUT2D eigenvalue weighted by Crippen LogP contribution is 1.96. The van der Waals surface area contributed by atoms with E-state index in [1.54, 1.807) is 10.9 Å². The quantitative estimate of drug-likeness (QED) is 0.694. The molecule has 102 valence electrons. The third-order valence-corrected chi connectivity index (χ3v) is 3.70. The lowest BCUT2D eigenvalue weighted by Crippen LogP contribution is -2.29. The smallest absolute Gasteiger partial charge is 0.303 e. The lowest BCUT2D eigenvalue weighted by Gasteiger charge is -2.06. The molecule has 0 spiro atoms. The van der Waals surface area contributed by atoms with Gasteiger partial charge in [-0.05, 0) is 18.9 Å². The van der Waals surface area contributed by atoms with Gasteiger partial charge in [0.15, 0.2) is 0 Å². The molecule has 0 unspecified atom stereocenters. The number of hydrogen-bond donors (Lipinski definition) is 2. The number of nitrogens with one attached hydrogen (secondary N) is 1. The molecule has 1 aromatic rings. The fourth-order valence-electron chi connectivity index (χ4n) is 1.39. The largest absolute Gasteiger partial charge is 0.481 e. The van der Waals surface area contributed by atoms with E-state index in [0.29, 0.717) is 6.54 Å². The van der Waals surface area contributed by atoms with Crippen LogP contribution in [0.15, 0.2) is 12.4 Å². The first kappa shape index (κ1) is 14.7. The molecule has 0 amide bonds. The second kappa shape index (κ2) is 6.50. The minimum Gasteiger partial charge on any atom is -0.481 e. The molecule has 0 atom stereocenters. The Bertz CT molecular complexity index is 495. The van der Waals surface area contributed by atoms with Gasteiger partial charge in [-0.1, -0.05) is 0 Å². The molecule has 18 heavy (non-hydrogen) atoms. The number of hydrogen-bond acceptors (Lipinski definition) is 4. The van der Waals surface area contributed by atoms with Crippen LogP contribution in [-0.4, -0.2) is 41.6 Å². The molecule has 0 saturated heterocycles. The Balaban J connectivity index is 2.27. The number of sulfonamides is 1. The van der Waals surface area contributed by atoms with Crippen molar-refractivity contribution in [1.29, 1.82) is 0 Å². The van der Waals surface area contributed by atoms with Gasteiger partial charge < -0.3 is 5.11 Å². The van der Waals surface area contributed by atoms with Gasteiger partial charge >= 0.3 is 5.97 Å². The van der Waals surface area contributed by atoms with Crippen LogP contribution in [0.25, 0.3) is 0 Å². The molecule has 0 aromatic carbocycles. The second-order valence-electron chi connectivity index (χ2n) is 3.99. The highest BCUT2D eigenvalue weighted by molar-refractivity contribution is 7.89. The molecule has 0 saturated carbocycles. The highest BCUT2D eigenvalue weighted by Gasteiger charge is 2.10. The summed E-state index contributed by atoms with van der Waals surface area (Å²) in [5, 5.41) is 12.4. The summed E-state index contributed by atoms with van der Waals surface area (Å²) in [6.07, 6.45) is 3.49. The predicted octanol–water partition coefficient (Wildman–Crippen LogP) is -0.0243. The first-order valence-electron chi connectivity index (χ1n) is 5.57. The third-order valence-electron chi connectivity index (χ3n) is 2.23. The van der Waals surface area contributed by atoms with Crippen molar-refractivity contribution in [2.45, 2.75) is 26.3 Å². The van der Waals surface area contributed by atoms with E-state index < -0.39 is 16.0 Å². The Hall–Kier alpha value is -1.41. The van der Waals surface area contributed by atoms with Gasteiger partial charge in [-0.15, -0.1) is 0 Å². The number of aliphatic carboxylic acids is 1. The van der Waals surface area contributed by atoms with E-state index in [-0.39, 0.29) is 25.1 Å². The van der Waals surface area contributed by atoms with Crippen molar-refractivity contribution in [1.82, 2.24) is 14.5 Å². The summed E-state index contributed by atoms with van der Waals surface area (Å²) < 4.78 is 27.0. The second-order valence-corrected chi connectivity index (χ2v) is 5.92. The zero-order chi connectivity index (χ0) is 13.6. The van der Waals surface area contributed by atoms with E-state index in [9.17, 15) is 13.2 Å². The number of carboxylic acid groups (broad SMARTS) is 1. The van der Waals surface area contributed by atoms with Crippen molar-refractivity contribution in [3.63, 3.8) is 0 Å². The molecule has 0 radical (unpaired) electrons. The summed E-state index contributed by atoms with van der Waals surface area (Å²) in [6.45, 7) is 2.60. The average Bonchev–Trinajstić information content (AvgIpc) is 2.63. The van der Waals surface area contributed by atoms with Gasteiger partial charge in [-0.2, -0.15) is 5.10 Å². The van der Waals surface area contributed by atoms with Crippen LogP contribution in [0.4, 0.5) is 0 Å². The Morgan fingerprint density at radius 3 is 2.83 bits per heavy atom. The van der Waals surface area contributed by atoms with Crippen LogP contribution in [0.1, 0.15) is 18.4 Å². The van der Waals surface area contributed by atoms with Crippen LogP contribution in [0, 0.1) is 6.92 Å². The topological polar surface area (TPSA) is 101 Å². The minimum absolute atomic E-state index is 0.117. The average molecular weight is 275 g/mol. The molecule has 0 aliphatic carbocycles. The van der Waals surface area contributed by atoms with Crippen LogP contribution in [0.2, 0.25) is 0 Å². The molecular formula is C10H17N3O4S. The van der Waals surface area contributed by atoms with E-state index in [1.165, 1.54) is 0 Å².